The Labute approximate surface area is 108 Å². The zero-order chi connectivity index (χ0) is 11.4. The van der Waals surface area contributed by atoms with Crippen molar-refractivity contribution in [2.75, 3.05) is 49.7 Å². The van der Waals surface area contributed by atoms with Crippen LogP contribution in [0.1, 0.15) is 13.3 Å². The molecule has 16 heavy (non-hydrogen) atoms. The molecule has 4 heteroatoms. The highest BCUT2D eigenvalue weighted by molar-refractivity contribution is 8.03. The second kappa shape index (κ2) is 5.98. The van der Waals surface area contributed by atoms with Crippen molar-refractivity contribution in [3.05, 3.63) is 0 Å². The van der Waals surface area contributed by atoms with Gasteiger partial charge in [-0.3, -0.25) is 0 Å². The second-order valence-corrected chi connectivity index (χ2v) is 7.83. The lowest BCUT2D eigenvalue weighted by molar-refractivity contribution is 0.289. The highest BCUT2D eigenvalue weighted by Gasteiger charge is 2.32. The maximum absolute atomic E-state index is 3.80. The summed E-state index contributed by atoms with van der Waals surface area (Å²) >= 11 is 4.22. The van der Waals surface area contributed by atoms with Gasteiger partial charge in [-0.15, -0.1) is 0 Å². The molecule has 1 atom stereocenters. The number of likely N-dealkylation sites (tertiary alicyclic amines) is 1. The molecule has 0 spiro atoms. The van der Waals surface area contributed by atoms with Crippen LogP contribution in [0.15, 0.2) is 0 Å². The predicted molar refractivity (Wildman–Crippen MR) is 76.7 cm³/mol. The molecule has 2 aliphatic heterocycles. The zero-order valence-electron chi connectivity index (χ0n) is 10.5. The van der Waals surface area contributed by atoms with Gasteiger partial charge in [0, 0.05) is 42.1 Å². The molecule has 94 valence electrons. The van der Waals surface area contributed by atoms with E-state index in [1.807, 2.05) is 0 Å². The molecule has 0 radical (unpaired) electrons. The normalized spacial score (nSPS) is 34.1. The van der Waals surface area contributed by atoms with Gasteiger partial charge >= 0.3 is 0 Å². The molecule has 0 saturated carbocycles. The molecule has 0 aliphatic carbocycles. The maximum Gasteiger partial charge on any atom is 0.0249 e. The maximum atomic E-state index is 3.80. The molecule has 0 aromatic rings. The second-order valence-electron chi connectivity index (χ2n) is 5.53. The van der Waals surface area contributed by atoms with Gasteiger partial charge in [0.15, 0.2) is 0 Å². The first-order valence-electron chi connectivity index (χ1n) is 6.25. The molecule has 2 saturated heterocycles. The molecule has 2 aliphatic rings. The van der Waals surface area contributed by atoms with Crippen molar-refractivity contribution in [3.63, 3.8) is 0 Å². The highest BCUT2D eigenvalue weighted by atomic mass is 32.2. The summed E-state index contributed by atoms with van der Waals surface area (Å²) in [6.07, 6.45) is 1.35. The van der Waals surface area contributed by atoms with Crippen molar-refractivity contribution in [2.24, 2.45) is 5.41 Å². The van der Waals surface area contributed by atoms with Crippen LogP contribution in [0, 0.1) is 5.41 Å². The van der Waals surface area contributed by atoms with E-state index in [0.717, 1.165) is 6.04 Å². The Bertz CT molecular complexity index is 217. The minimum Gasteiger partial charge on any atom is -0.312 e. The average molecular weight is 260 g/mol. The summed E-state index contributed by atoms with van der Waals surface area (Å²) in [5, 5.41) is 3.80. The summed E-state index contributed by atoms with van der Waals surface area (Å²) in [7, 11) is 2.24. The predicted octanol–water partition coefficient (Wildman–Crippen LogP) is 1.77. The molecule has 0 unspecified atom stereocenters. The molecular weight excluding hydrogens is 236 g/mol. The molecule has 2 rings (SSSR count). The van der Waals surface area contributed by atoms with E-state index in [1.54, 1.807) is 0 Å². The first-order valence-corrected chi connectivity index (χ1v) is 8.56. The number of hydrogen-bond acceptors (Lipinski definition) is 4. The zero-order valence-corrected chi connectivity index (χ0v) is 12.1. The molecule has 0 bridgehead atoms. The lowest BCUT2D eigenvalue weighted by Crippen LogP contribution is -2.41. The van der Waals surface area contributed by atoms with E-state index < -0.39 is 0 Å². The number of nitrogens with zero attached hydrogens (tertiary/aromatic N) is 1. The Balaban J connectivity index is 1.73. The van der Waals surface area contributed by atoms with Crippen molar-refractivity contribution >= 4 is 23.5 Å². The summed E-state index contributed by atoms with van der Waals surface area (Å²) in [6.45, 7) is 6.16. The van der Waals surface area contributed by atoms with E-state index in [9.17, 15) is 0 Å². The Kier molecular flexibility index (Phi) is 4.89. The van der Waals surface area contributed by atoms with Crippen LogP contribution in [0.2, 0.25) is 0 Å². The van der Waals surface area contributed by atoms with Crippen LogP contribution in [0.4, 0.5) is 0 Å². The number of hydrogen-bond donors (Lipinski definition) is 1. The van der Waals surface area contributed by atoms with E-state index in [1.165, 1.54) is 49.1 Å². The largest absolute Gasteiger partial charge is 0.312 e. The molecule has 2 nitrogen and oxygen atoms in total. The summed E-state index contributed by atoms with van der Waals surface area (Å²) in [5.74, 6) is 5.28. The monoisotopic (exact) mass is 260 g/mol. The van der Waals surface area contributed by atoms with Crippen LogP contribution >= 0.6 is 23.5 Å². The summed E-state index contributed by atoms with van der Waals surface area (Å²) < 4.78 is 0. The van der Waals surface area contributed by atoms with Crippen LogP contribution in [0.3, 0.4) is 0 Å². The van der Waals surface area contributed by atoms with E-state index >= 15 is 0 Å². The topological polar surface area (TPSA) is 15.3 Å². The number of thioether (sulfide) groups is 2. The Morgan fingerprint density at radius 3 is 2.56 bits per heavy atom. The van der Waals surface area contributed by atoms with Gasteiger partial charge in [-0.2, -0.15) is 23.5 Å². The van der Waals surface area contributed by atoms with Crippen LogP contribution in [0.5, 0.6) is 0 Å². The molecule has 0 amide bonds. The van der Waals surface area contributed by atoms with Gasteiger partial charge in [-0.1, -0.05) is 6.92 Å². The third kappa shape index (κ3) is 3.83. The minimum atomic E-state index is 0.510. The fourth-order valence-corrected chi connectivity index (χ4v) is 5.01. The van der Waals surface area contributed by atoms with Crippen LogP contribution in [-0.4, -0.2) is 60.6 Å². The standard InChI is InChI=1S/C12H24N2S2/c1-12(3-4-14(2)10-12)9-13-11-7-15-5-6-16-8-11/h11,13H,3-10H2,1-2H3/t12-/m0/s1. The summed E-state index contributed by atoms with van der Waals surface area (Å²) in [4.78, 5) is 2.46. The Morgan fingerprint density at radius 1 is 1.31 bits per heavy atom. The van der Waals surface area contributed by atoms with E-state index in [-0.39, 0.29) is 0 Å². The van der Waals surface area contributed by atoms with Gasteiger partial charge in [0.1, 0.15) is 0 Å². The highest BCUT2D eigenvalue weighted by Crippen LogP contribution is 2.28. The summed E-state index contributed by atoms with van der Waals surface area (Å²) in [5.41, 5.74) is 0.510. The average Bonchev–Trinajstić information content (AvgIpc) is 2.50. The summed E-state index contributed by atoms with van der Waals surface area (Å²) in [6, 6.07) is 0.736. The first kappa shape index (κ1) is 13.1. The smallest absolute Gasteiger partial charge is 0.0249 e. The van der Waals surface area contributed by atoms with Gasteiger partial charge in [-0.05, 0) is 25.4 Å². The van der Waals surface area contributed by atoms with Gasteiger partial charge in [-0.25, -0.2) is 0 Å². The molecular formula is C12H24N2S2. The fraction of sp³-hybridized carbons (Fsp3) is 1.00. The minimum absolute atomic E-state index is 0.510. The van der Waals surface area contributed by atoms with Crippen molar-refractivity contribution in [1.29, 1.82) is 0 Å². The lowest BCUT2D eigenvalue weighted by Gasteiger charge is -2.27. The van der Waals surface area contributed by atoms with Crippen molar-refractivity contribution in [3.8, 4) is 0 Å². The lowest BCUT2D eigenvalue weighted by atomic mass is 9.89. The SMILES string of the molecule is CN1CC[C@@](C)(CNC2CSCCSC2)C1. The molecule has 2 fully saturated rings. The third-order valence-corrected chi connectivity index (χ3v) is 6.10. The van der Waals surface area contributed by atoms with Crippen molar-refractivity contribution in [2.45, 2.75) is 19.4 Å². The van der Waals surface area contributed by atoms with E-state index in [0.29, 0.717) is 5.41 Å². The quantitative estimate of drug-likeness (QED) is 0.831. The Hall–Kier alpha value is 0.620. The van der Waals surface area contributed by atoms with Gasteiger partial charge in [0.05, 0.1) is 0 Å². The van der Waals surface area contributed by atoms with Crippen LogP contribution < -0.4 is 5.32 Å². The number of rotatable bonds is 3. The van der Waals surface area contributed by atoms with Gasteiger partial charge in [0.25, 0.3) is 0 Å². The first-order chi connectivity index (χ1) is 7.68. The van der Waals surface area contributed by atoms with Crippen molar-refractivity contribution in [1.82, 2.24) is 10.2 Å². The van der Waals surface area contributed by atoms with E-state index in [4.69, 9.17) is 0 Å². The molecule has 1 N–H and O–H groups in total. The Morgan fingerprint density at radius 2 is 2.00 bits per heavy atom. The molecule has 0 aromatic carbocycles. The molecule has 2 heterocycles. The van der Waals surface area contributed by atoms with E-state index in [2.05, 4.69) is 47.7 Å². The third-order valence-electron chi connectivity index (χ3n) is 3.58. The van der Waals surface area contributed by atoms with Crippen molar-refractivity contribution < 1.29 is 0 Å². The van der Waals surface area contributed by atoms with Crippen LogP contribution in [-0.2, 0) is 0 Å². The van der Waals surface area contributed by atoms with Crippen LogP contribution in [0.25, 0.3) is 0 Å². The molecule has 0 aromatic heterocycles. The fourth-order valence-electron chi connectivity index (χ4n) is 2.54. The van der Waals surface area contributed by atoms with Gasteiger partial charge < -0.3 is 10.2 Å². The number of nitrogens with one attached hydrogen (secondary N) is 1. The van der Waals surface area contributed by atoms with Gasteiger partial charge in [0.2, 0.25) is 0 Å².